The fraction of sp³-hybridized carbons (Fsp3) is 0.0455. The Labute approximate surface area is 189 Å². The first-order chi connectivity index (χ1) is 14.5. The first-order valence-electron chi connectivity index (χ1n) is 9.09. The molecule has 8 heteroatoms. The van der Waals surface area contributed by atoms with Crippen molar-refractivity contribution in [3.8, 4) is 0 Å². The van der Waals surface area contributed by atoms with Gasteiger partial charge in [0.2, 0.25) is 5.91 Å². The maximum atomic E-state index is 12.8. The number of rotatable bonds is 3. The summed E-state index contributed by atoms with van der Waals surface area (Å²) in [4.78, 5) is 22.4. The summed E-state index contributed by atoms with van der Waals surface area (Å²) in [5.74, 6) is -0.204. The van der Waals surface area contributed by atoms with E-state index in [9.17, 15) is 4.79 Å². The zero-order chi connectivity index (χ0) is 20.8. The molecule has 0 fully saturated rings. The number of benzene rings is 3. The summed E-state index contributed by atoms with van der Waals surface area (Å²) in [5, 5.41) is 4.61. The number of hydrogen-bond acceptors (Lipinski definition) is 3. The van der Waals surface area contributed by atoms with Crippen LogP contribution in [0.15, 0.2) is 65.1 Å². The molecule has 5 rings (SSSR count). The fourth-order valence-corrected chi connectivity index (χ4v) is 4.14. The third-order valence-corrected chi connectivity index (χ3v) is 6.05. The molecule has 148 valence electrons. The van der Waals surface area contributed by atoms with Gasteiger partial charge in [-0.15, -0.1) is 0 Å². The third kappa shape index (κ3) is 3.41. The number of fused-ring (bicyclic) bond motifs is 4. The van der Waals surface area contributed by atoms with E-state index in [0.29, 0.717) is 21.4 Å². The van der Waals surface area contributed by atoms with E-state index in [1.807, 2.05) is 47.0 Å². The van der Waals surface area contributed by atoms with Gasteiger partial charge < -0.3 is 9.88 Å². The predicted molar refractivity (Wildman–Crippen MR) is 125 cm³/mol. The summed E-state index contributed by atoms with van der Waals surface area (Å²) < 4.78 is 2.81. The molecule has 0 unspecified atom stereocenters. The summed E-state index contributed by atoms with van der Waals surface area (Å²) >= 11 is 15.5. The van der Waals surface area contributed by atoms with E-state index < -0.39 is 0 Å². The standard InChI is InChI=1S/C22H13BrCl2N4O/c23-12-5-8-19-14(9-12)21-22(28-18-4-2-1-3-17(18)27-21)29(19)11-20(30)26-13-6-7-15(24)16(25)10-13/h1-10H,11H2,(H,26,30). The quantitative estimate of drug-likeness (QED) is 0.310. The molecule has 0 atom stereocenters. The van der Waals surface area contributed by atoms with Crippen LogP contribution in [0.2, 0.25) is 10.0 Å². The summed E-state index contributed by atoms with van der Waals surface area (Å²) in [6.45, 7) is 0.0783. The Morgan fingerprint density at radius 3 is 2.50 bits per heavy atom. The van der Waals surface area contributed by atoms with Crippen LogP contribution in [0.1, 0.15) is 0 Å². The molecule has 0 aliphatic rings. The molecule has 0 spiro atoms. The van der Waals surface area contributed by atoms with Gasteiger partial charge in [-0.3, -0.25) is 4.79 Å². The molecule has 30 heavy (non-hydrogen) atoms. The first-order valence-corrected chi connectivity index (χ1v) is 10.6. The van der Waals surface area contributed by atoms with E-state index in [2.05, 4.69) is 21.2 Å². The van der Waals surface area contributed by atoms with Crippen LogP contribution in [0.5, 0.6) is 0 Å². The number of para-hydroxylation sites is 2. The highest BCUT2D eigenvalue weighted by Crippen LogP contribution is 2.31. The van der Waals surface area contributed by atoms with Crippen molar-refractivity contribution in [1.29, 1.82) is 0 Å². The van der Waals surface area contributed by atoms with Gasteiger partial charge in [0.25, 0.3) is 0 Å². The van der Waals surface area contributed by atoms with Crippen molar-refractivity contribution in [2.75, 3.05) is 5.32 Å². The molecular weight excluding hydrogens is 487 g/mol. The van der Waals surface area contributed by atoms with Gasteiger partial charge in [-0.2, -0.15) is 0 Å². The first kappa shape index (κ1) is 19.3. The van der Waals surface area contributed by atoms with Crippen molar-refractivity contribution in [2.45, 2.75) is 6.54 Å². The molecule has 1 N–H and O–H groups in total. The maximum Gasteiger partial charge on any atom is 0.244 e. The predicted octanol–water partition coefficient (Wildman–Crippen LogP) is 6.45. The third-order valence-electron chi connectivity index (χ3n) is 4.82. The van der Waals surface area contributed by atoms with Crippen LogP contribution in [0.3, 0.4) is 0 Å². The second-order valence-electron chi connectivity index (χ2n) is 6.81. The minimum Gasteiger partial charge on any atom is -0.324 e. The van der Waals surface area contributed by atoms with Crippen molar-refractivity contribution in [2.24, 2.45) is 0 Å². The Balaban J connectivity index is 1.62. The van der Waals surface area contributed by atoms with Crippen LogP contribution < -0.4 is 5.32 Å². The lowest BCUT2D eigenvalue weighted by atomic mass is 10.2. The number of anilines is 1. The van der Waals surface area contributed by atoms with E-state index in [1.54, 1.807) is 18.2 Å². The minimum atomic E-state index is -0.204. The van der Waals surface area contributed by atoms with Crippen molar-refractivity contribution in [3.63, 3.8) is 0 Å². The van der Waals surface area contributed by atoms with Crippen molar-refractivity contribution >= 4 is 83.8 Å². The molecule has 5 aromatic rings. The number of nitrogens with one attached hydrogen (secondary N) is 1. The zero-order valence-electron chi connectivity index (χ0n) is 15.4. The van der Waals surface area contributed by atoms with Crippen LogP contribution in [0.4, 0.5) is 5.69 Å². The van der Waals surface area contributed by atoms with Gasteiger partial charge in [0, 0.05) is 15.5 Å². The van der Waals surface area contributed by atoms with Gasteiger partial charge in [0.1, 0.15) is 12.1 Å². The summed E-state index contributed by atoms with van der Waals surface area (Å²) in [7, 11) is 0. The number of carbonyl (C=O) groups excluding carboxylic acids is 1. The van der Waals surface area contributed by atoms with Crippen LogP contribution in [0, 0.1) is 0 Å². The highest BCUT2D eigenvalue weighted by Gasteiger charge is 2.17. The number of halogens is 3. The van der Waals surface area contributed by atoms with E-state index in [1.165, 1.54) is 0 Å². The number of nitrogens with zero attached hydrogens (tertiary/aromatic N) is 3. The molecule has 2 aromatic heterocycles. The van der Waals surface area contributed by atoms with Crippen molar-refractivity contribution < 1.29 is 4.79 Å². The molecule has 0 aliphatic carbocycles. The summed E-state index contributed by atoms with van der Waals surface area (Å²) in [6, 6.07) is 18.6. The molecule has 3 aromatic carbocycles. The smallest absolute Gasteiger partial charge is 0.244 e. The lowest BCUT2D eigenvalue weighted by Crippen LogP contribution is -2.19. The Morgan fingerprint density at radius 2 is 1.73 bits per heavy atom. The lowest BCUT2D eigenvalue weighted by Gasteiger charge is -2.09. The molecule has 0 bridgehead atoms. The van der Waals surface area contributed by atoms with Gasteiger partial charge in [0.15, 0.2) is 5.65 Å². The van der Waals surface area contributed by atoms with Gasteiger partial charge >= 0.3 is 0 Å². The number of hydrogen-bond donors (Lipinski definition) is 1. The molecule has 0 radical (unpaired) electrons. The number of aromatic nitrogens is 3. The molecular formula is C22H13BrCl2N4O. The minimum absolute atomic E-state index is 0.0783. The largest absolute Gasteiger partial charge is 0.324 e. The number of carbonyl (C=O) groups is 1. The Morgan fingerprint density at radius 1 is 0.967 bits per heavy atom. The van der Waals surface area contributed by atoms with E-state index in [0.717, 1.165) is 31.9 Å². The van der Waals surface area contributed by atoms with E-state index >= 15 is 0 Å². The van der Waals surface area contributed by atoms with Crippen molar-refractivity contribution in [1.82, 2.24) is 14.5 Å². The van der Waals surface area contributed by atoms with Crippen molar-refractivity contribution in [3.05, 3.63) is 75.2 Å². The van der Waals surface area contributed by atoms with Gasteiger partial charge in [-0.1, -0.05) is 51.3 Å². The fourth-order valence-electron chi connectivity index (χ4n) is 3.49. The van der Waals surface area contributed by atoms with Gasteiger partial charge in [-0.05, 0) is 48.5 Å². The Hall–Kier alpha value is -2.67. The molecule has 0 saturated carbocycles. The average molecular weight is 500 g/mol. The maximum absolute atomic E-state index is 12.8. The average Bonchev–Trinajstić information content (AvgIpc) is 3.01. The Kier molecular flexibility index (Phi) is 4.85. The normalized spacial score (nSPS) is 11.4. The van der Waals surface area contributed by atoms with E-state index in [-0.39, 0.29) is 12.5 Å². The highest BCUT2D eigenvalue weighted by molar-refractivity contribution is 9.10. The van der Waals surface area contributed by atoms with Crippen LogP contribution >= 0.6 is 39.1 Å². The SMILES string of the molecule is O=C(Cn1c2ccc(Br)cc2c2nc3ccccc3nc21)Nc1ccc(Cl)c(Cl)c1. The molecule has 2 heterocycles. The highest BCUT2D eigenvalue weighted by atomic mass is 79.9. The monoisotopic (exact) mass is 498 g/mol. The van der Waals surface area contributed by atoms with Crippen LogP contribution in [0.25, 0.3) is 33.1 Å². The van der Waals surface area contributed by atoms with Crippen LogP contribution in [-0.2, 0) is 11.3 Å². The number of amides is 1. The topological polar surface area (TPSA) is 59.8 Å². The molecule has 0 aliphatic heterocycles. The Bertz CT molecular complexity index is 1460. The van der Waals surface area contributed by atoms with E-state index in [4.69, 9.17) is 33.2 Å². The summed E-state index contributed by atoms with van der Waals surface area (Å²) in [5.41, 5.74) is 4.46. The van der Waals surface area contributed by atoms with Crippen LogP contribution in [-0.4, -0.2) is 20.4 Å². The van der Waals surface area contributed by atoms with Gasteiger partial charge in [-0.25, -0.2) is 9.97 Å². The molecule has 0 saturated heterocycles. The summed E-state index contributed by atoms with van der Waals surface area (Å²) in [6.07, 6.45) is 0. The molecule has 5 nitrogen and oxygen atoms in total. The second-order valence-corrected chi connectivity index (χ2v) is 8.54. The molecule has 1 amide bonds. The second kappa shape index (κ2) is 7.54. The lowest BCUT2D eigenvalue weighted by molar-refractivity contribution is -0.116. The van der Waals surface area contributed by atoms with Gasteiger partial charge in [0.05, 0.1) is 26.6 Å². The zero-order valence-corrected chi connectivity index (χ0v) is 18.5.